The molecule has 1 amide bonds. The summed E-state index contributed by atoms with van der Waals surface area (Å²) >= 11 is 5.99. The minimum absolute atomic E-state index is 0.147. The SMILES string of the molecule is CC1(C)Oc2ccccc2C(=O)N1c1cc(Cl)ccn1. The number of rotatable bonds is 1. The van der Waals surface area contributed by atoms with E-state index in [1.807, 2.05) is 26.0 Å². The van der Waals surface area contributed by atoms with E-state index >= 15 is 0 Å². The molecule has 4 nitrogen and oxygen atoms in total. The molecule has 1 aliphatic heterocycles. The van der Waals surface area contributed by atoms with Crippen LogP contribution in [0.2, 0.25) is 5.02 Å². The van der Waals surface area contributed by atoms with Gasteiger partial charge in [0.25, 0.3) is 5.91 Å². The van der Waals surface area contributed by atoms with Crippen LogP contribution in [0.1, 0.15) is 24.2 Å². The van der Waals surface area contributed by atoms with Crippen molar-refractivity contribution in [3.05, 3.63) is 53.2 Å². The molecule has 3 rings (SSSR count). The second-order valence-corrected chi connectivity index (χ2v) is 5.45. The lowest BCUT2D eigenvalue weighted by Crippen LogP contribution is -2.55. The fourth-order valence-electron chi connectivity index (χ4n) is 2.31. The van der Waals surface area contributed by atoms with E-state index in [0.717, 1.165) is 0 Å². The Morgan fingerprint density at radius 1 is 1.25 bits per heavy atom. The van der Waals surface area contributed by atoms with Crippen molar-refractivity contribution in [3.8, 4) is 5.75 Å². The molecule has 0 radical (unpaired) electrons. The second-order valence-electron chi connectivity index (χ2n) is 5.02. The van der Waals surface area contributed by atoms with Gasteiger partial charge in [0, 0.05) is 11.2 Å². The van der Waals surface area contributed by atoms with Gasteiger partial charge in [-0.25, -0.2) is 4.98 Å². The Morgan fingerprint density at radius 2 is 2.00 bits per heavy atom. The van der Waals surface area contributed by atoms with E-state index in [1.165, 1.54) is 4.90 Å². The predicted molar refractivity (Wildman–Crippen MR) is 77.2 cm³/mol. The van der Waals surface area contributed by atoms with Crippen molar-refractivity contribution in [2.24, 2.45) is 0 Å². The summed E-state index contributed by atoms with van der Waals surface area (Å²) in [5, 5.41) is 0.525. The highest BCUT2D eigenvalue weighted by Gasteiger charge is 2.41. The molecule has 0 N–H and O–H groups in total. The van der Waals surface area contributed by atoms with Gasteiger partial charge in [-0.2, -0.15) is 0 Å². The Balaban J connectivity index is 2.14. The van der Waals surface area contributed by atoms with E-state index in [2.05, 4.69) is 4.98 Å². The van der Waals surface area contributed by atoms with Crippen LogP contribution >= 0.6 is 11.6 Å². The summed E-state index contributed by atoms with van der Waals surface area (Å²) in [6.45, 7) is 3.65. The molecule has 1 aliphatic rings. The third-order valence-corrected chi connectivity index (χ3v) is 3.39. The van der Waals surface area contributed by atoms with E-state index in [-0.39, 0.29) is 5.91 Å². The number of fused-ring (bicyclic) bond motifs is 1. The predicted octanol–water partition coefficient (Wildman–Crippen LogP) is 3.51. The number of nitrogens with zero attached hydrogens (tertiary/aromatic N) is 2. The van der Waals surface area contributed by atoms with Gasteiger partial charge in [0.2, 0.25) is 0 Å². The number of para-hydroxylation sites is 1. The Labute approximate surface area is 122 Å². The van der Waals surface area contributed by atoms with Crippen LogP contribution in [-0.2, 0) is 0 Å². The summed E-state index contributed by atoms with van der Waals surface area (Å²) in [6.07, 6.45) is 1.57. The fraction of sp³-hybridized carbons (Fsp3) is 0.200. The quantitative estimate of drug-likeness (QED) is 0.806. The van der Waals surface area contributed by atoms with Crippen LogP contribution in [0.25, 0.3) is 0 Å². The topological polar surface area (TPSA) is 42.4 Å². The van der Waals surface area contributed by atoms with Crippen molar-refractivity contribution in [2.75, 3.05) is 4.90 Å². The minimum atomic E-state index is -0.830. The second kappa shape index (κ2) is 4.49. The Bertz CT molecular complexity index is 685. The summed E-state index contributed by atoms with van der Waals surface area (Å²) in [4.78, 5) is 18.4. The lowest BCUT2D eigenvalue weighted by molar-refractivity contribution is 0.0631. The molecule has 0 unspecified atom stereocenters. The van der Waals surface area contributed by atoms with Gasteiger partial charge in [0.05, 0.1) is 5.56 Å². The first-order valence-corrected chi connectivity index (χ1v) is 6.61. The van der Waals surface area contributed by atoms with Gasteiger partial charge in [0.1, 0.15) is 11.6 Å². The first-order chi connectivity index (χ1) is 9.49. The molecular weight excluding hydrogens is 276 g/mol. The van der Waals surface area contributed by atoms with Gasteiger partial charge in [-0.3, -0.25) is 9.69 Å². The number of hydrogen-bond donors (Lipinski definition) is 0. The Hall–Kier alpha value is -2.07. The van der Waals surface area contributed by atoms with Crippen molar-refractivity contribution >= 4 is 23.3 Å². The van der Waals surface area contributed by atoms with Gasteiger partial charge in [-0.1, -0.05) is 23.7 Å². The number of pyridine rings is 1. The third-order valence-electron chi connectivity index (χ3n) is 3.16. The van der Waals surface area contributed by atoms with Crippen LogP contribution < -0.4 is 9.64 Å². The maximum absolute atomic E-state index is 12.7. The number of carbonyl (C=O) groups excluding carboxylic acids is 1. The number of carbonyl (C=O) groups is 1. The van der Waals surface area contributed by atoms with Crippen LogP contribution in [0.5, 0.6) is 5.75 Å². The molecular formula is C15H13ClN2O2. The summed E-state index contributed by atoms with van der Waals surface area (Å²) in [5.41, 5.74) is -0.308. The molecule has 1 aromatic carbocycles. The van der Waals surface area contributed by atoms with Crippen LogP contribution in [0.3, 0.4) is 0 Å². The Kier molecular flexibility index (Phi) is 2.91. The molecule has 0 spiro atoms. The standard InChI is InChI=1S/C15H13ClN2O2/c1-15(2)18(13-9-10(16)7-8-17-13)14(19)11-5-3-4-6-12(11)20-15/h3-9H,1-2H3. The molecule has 2 heterocycles. The Morgan fingerprint density at radius 3 is 2.75 bits per heavy atom. The number of ether oxygens (including phenoxy) is 1. The third kappa shape index (κ3) is 2.02. The lowest BCUT2D eigenvalue weighted by Gasteiger charge is -2.41. The molecule has 0 bridgehead atoms. The molecule has 0 saturated carbocycles. The lowest BCUT2D eigenvalue weighted by atomic mass is 10.1. The maximum atomic E-state index is 12.7. The van der Waals surface area contributed by atoms with Crippen LogP contribution in [0.4, 0.5) is 5.82 Å². The van der Waals surface area contributed by atoms with E-state index in [4.69, 9.17) is 16.3 Å². The van der Waals surface area contributed by atoms with Crippen molar-refractivity contribution in [1.82, 2.24) is 4.98 Å². The zero-order valence-electron chi connectivity index (χ0n) is 11.1. The van der Waals surface area contributed by atoms with Gasteiger partial charge in [-0.15, -0.1) is 0 Å². The molecule has 5 heteroatoms. The molecule has 102 valence electrons. The van der Waals surface area contributed by atoms with Gasteiger partial charge in [0.15, 0.2) is 5.72 Å². The van der Waals surface area contributed by atoms with E-state index in [1.54, 1.807) is 30.5 Å². The molecule has 0 fully saturated rings. The van der Waals surface area contributed by atoms with Crippen molar-refractivity contribution in [3.63, 3.8) is 0 Å². The van der Waals surface area contributed by atoms with Crippen LogP contribution in [-0.4, -0.2) is 16.6 Å². The van der Waals surface area contributed by atoms with Crippen molar-refractivity contribution in [1.29, 1.82) is 0 Å². The smallest absolute Gasteiger partial charge is 0.266 e. The summed E-state index contributed by atoms with van der Waals surface area (Å²) in [6, 6.07) is 10.5. The normalized spacial score (nSPS) is 16.6. The first-order valence-electron chi connectivity index (χ1n) is 6.23. The van der Waals surface area contributed by atoms with E-state index < -0.39 is 5.72 Å². The minimum Gasteiger partial charge on any atom is -0.467 e. The number of benzene rings is 1. The highest BCUT2D eigenvalue weighted by molar-refractivity contribution is 6.30. The van der Waals surface area contributed by atoms with Crippen LogP contribution in [0.15, 0.2) is 42.6 Å². The van der Waals surface area contributed by atoms with Gasteiger partial charge in [-0.05, 0) is 38.1 Å². The number of halogens is 1. The van der Waals surface area contributed by atoms with Gasteiger partial charge >= 0.3 is 0 Å². The largest absolute Gasteiger partial charge is 0.467 e. The molecule has 20 heavy (non-hydrogen) atoms. The average Bonchev–Trinajstić information content (AvgIpc) is 2.37. The average molecular weight is 289 g/mol. The molecule has 1 aromatic heterocycles. The van der Waals surface area contributed by atoms with Crippen LogP contribution in [0, 0.1) is 0 Å². The molecule has 0 aliphatic carbocycles. The number of hydrogen-bond acceptors (Lipinski definition) is 3. The zero-order chi connectivity index (χ0) is 14.3. The highest BCUT2D eigenvalue weighted by Crippen LogP contribution is 2.36. The fourth-order valence-corrected chi connectivity index (χ4v) is 2.46. The number of anilines is 1. The summed E-state index contributed by atoms with van der Waals surface area (Å²) in [7, 11) is 0. The van der Waals surface area contributed by atoms with Crippen molar-refractivity contribution < 1.29 is 9.53 Å². The summed E-state index contributed by atoms with van der Waals surface area (Å²) in [5.74, 6) is 0.911. The molecule has 2 aromatic rings. The van der Waals surface area contributed by atoms with E-state index in [0.29, 0.717) is 22.2 Å². The first kappa shape index (κ1) is 12.9. The van der Waals surface area contributed by atoms with E-state index in [9.17, 15) is 4.79 Å². The summed E-state index contributed by atoms with van der Waals surface area (Å²) < 4.78 is 5.92. The monoisotopic (exact) mass is 288 g/mol. The molecule has 0 atom stereocenters. The van der Waals surface area contributed by atoms with Gasteiger partial charge < -0.3 is 4.74 Å². The van der Waals surface area contributed by atoms with Crippen molar-refractivity contribution in [2.45, 2.75) is 19.6 Å². The number of aromatic nitrogens is 1. The maximum Gasteiger partial charge on any atom is 0.266 e. The zero-order valence-corrected chi connectivity index (χ0v) is 11.9. The highest BCUT2D eigenvalue weighted by atomic mass is 35.5. The number of amides is 1. The molecule has 0 saturated heterocycles.